The Balaban J connectivity index is 1.48. The van der Waals surface area contributed by atoms with E-state index in [0.29, 0.717) is 29.0 Å². The number of aromatic nitrogens is 3. The molecule has 1 atom stereocenters. The van der Waals surface area contributed by atoms with Crippen LogP contribution in [0.4, 0.5) is 5.82 Å². The average Bonchev–Trinajstić information content (AvgIpc) is 3.54. The molecule has 7 nitrogen and oxygen atoms in total. The van der Waals surface area contributed by atoms with E-state index in [-0.39, 0.29) is 18.2 Å². The van der Waals surface area contributed by atoms with Crippen LogP contribution in [0.3, 0.4) is 0 Å². The van der Waals surface area contributed by atoms with Gasteiger partial charge < -0.3 is 15.7 Å². The number of rotatable bonds is 8. The minimum absolute atomic E-state index is 0.170. The van der Waals surface area contributed by atoms with Crippen LogP contribution in [0.1, 0.15) is 28.9 Å². The van der Waals surface area contributed by atoms with Crippen molar-refractivity contribution in [2.45, 2.75) is 31.3 Å². The number of hydrogen-bond donors (Lipinski definition) is 3. The third kappa shape index (κ3) is 4.84. The molecule has 0 radical (unpaired) electrons. The van der Waals surface area contributed by atoms with Crippen molar-refractivity contribution < 1.29 is 9.90 Å². The molecule has 4 aromatic rings. The highest BCUT2D eigenvalue weighted by Crippen LogP contribution is 2.30. The van der Waals surface area contributed by atoms with E-state index in [4.69, 9.17) is 11.6 Å². The Bertz CT molecular complexity index is 1290. The Labute approximate surface area is 196 Å². The second kappa shape index (κ2) is 9.21. The largest absolute Gasteiger partial charge is 0.394 e. The van der Waals surface area contributed by atoms with E-state index in [9.17, 15) is 9.90 Å². The van der Waals surface area contributed by atoms with E-state index in [1.54, 1.807) is 16.8 Å². The van der Waals surface area contributed by atoms with Gasteiger partial charge in [0.15, 0.2) is 5.65 Å². The lowest BCUT2D eigenvalue weighted by Gasteiger charge is -2.17. The van der Waals surface area contributed by atoms with Gasteiger partial charge in [-0.05, 0) is 42.5 Å². The molecule has 3 N–H and O–H groups in total. The standard InChI is InChI=1S/C25H24ClN5O2/c26-18-8-4-7-17(12-18)21-14-27-31-23(28-19-9-10-19)13-22(30-24(21)31)25(33)29-20(15-32)11-16-5-2-1-3-6-16/h1-8,12-14,19-20,28,32H,9-11,15H2,(H,29,33)/t20-/m0/s1. The number of aliphatic hydroxyl groups excluding tert-OH is 1. The van der Waals surface area contributed by atoms with E-state index in [0.717, 1.165) is 29.5 Å². The van der Waals surface area contributed by atoms with E-state index in [1.165, 1.54) is 0 Å². The molecule has 0 spiro atoms. The molecular formula is C25H24ClN5O2. The summed E-state index contributed by atoms with van der Waals surface area (Å²) in [5, 5.41) is 21.3. The highest BCUT2D eigenvalue weighted by molar-refractivity contribution is 6.30. The van der Waals surface area contributed by atoms with Gasteiger partial charge in [-0.2, -0.15) is 9.61 Å². The van der Waals surface area contributed by atoms with Crippen LogP contribution in [0.5, 0.6) is 0 Å². The molecule has 2 aromatic heterocycles. The van der Waals surface area contributed by atoms with Crippen LogP contribution in [0, 0.1) is 0 Å². The van der Waals surface area contributed by atoms with Gasteiger partial charge in [0, 0.05) is 22.7 Å². The Morgan fingerprint density at radius 3 is 2.70 bits per heavy atom. The lowest BCUT2D eigenvalue weighted by molar-refractivity contribution is 0.0911. The minimum atomic E-state index is -0.421. The number of nitrogens with one attached hydrogen (secondary N) is 2. The van der Waals surface area contributed by atoms with Crippen molar-refractivity contribution in [3.05, 3.63) is 83.1 Å². The molecule has 2 aromatic carbocycles. The lowest BCUT2D eigenvalue weighted by atomic mass is 10.1. The molecule has 8 heteroatoms. The molecule has 2 heterocycles. The van der Waals surface area contributed by atoms with Crippen LogP contribution in [-0.4, -0.2) is 44.3 Å². The van der Waals surface area contributed by atoms with Crippen molar-refractivity contribution in [2.75, 3.05) is 11.9 Å². The Morgan fingerprint density at radius 1 is 1.15 bits per heavy atom. The van der Waals surface area contributed by atoms with Gasteiger partial charge in [0.25, 0.3) is 5.91 Å². The first-order valence-corrected chi connectivity index (χ1v) is 11.4. The summed E-state index contributed by atoms with van der Waals surface area (Å²) in [6, 6.07) is 18.9. The number of aliphatic hydroxyl groups is 1. The zero-order valence-electron chi connectivity index (χ0n) is 17.9. The molecule has 1 amide bonds. The van der Waals surface area contributed by atoms with Crippen LogP contribution in [0.25, 0.3) is 16.8 Å². The zero-order chi connectivity index (χ0) is 22.8. The number of hydrogen-bond acceptors (Lipinski definition) is 5. The first kappa shape index (κ1) is 21.4. The fraction of sp³-hybridized carbons (Fsp3) is 0.240. The number of amides is 1. The summed E-state index contributed by atoms with van der Waals surface area (Å²) in [7, 11) is 0. The lowest BCUT2D eigenvalue weighted by Crippen LogP contribution is -2.39. The highest BCUT2D eigenvalue weighted by Gasteiger charge is 2.25. The molecule has 33 heavy (non-hydrogen) atoms. The van der Waals surface area contributed by atoms with Crippen molar-refractivity contribution in [1.82, 2.24) is 19.9 Å². The predicted molar refractivity (Wildman–Crippen MR) is 129 cm³/mol. The normalized spacial score (nSPS) is 14.2. The topological polar surface area (TPSA) is 91.5 Å². The predicted octanol–water partition coefficient (Wildman–Crippen LogP) is 3.96. The molecule has 0 bridgehead atoms. The molecule has 1 aliphatic rings. The van der Waals surface area contributed by atoms with Crippen molar-refractivity contribution in [2.24, 2.45) is 0 Å². The Kier molecular flexibility index (Phi) is 5.98. The fourth-order valence-corrected chi connectivity index (χ4v) is 3.99. The maximum absolute atomic E-state index is 13.2. The quantitative estimate of drug-likeness (QED) is 0.369. The Hall–Kier alpha value is -3.42. The smallest absolute Gasteiger partial charge is 0.270 e. The number of anilines is 1. The van der Waals surface area contributed by atoms with Gasteiger partial charge in [0.2, 0.25) is 0 Å². The average molecular weight is 462 g/mol. The van der Waals surface area contributed by atoms with Gasteiger partial charge in [-0.3, -0.25) is 4.79 Å². The molecule has 0 unspecified atom stereocenters. The summed E-state index contributed by atoms with van der Waals surface area (Å²) in [6.07, 6.45) is 4.42. The van der Waals surface area contributed by atoms with Gasteiger partial charge in [-0.25, -0.2) is 4.98 Å². The number of nitrogens with zero attached hydrogens (tertiary/aromatic N) is 3. The first-order chi connectivity index (χ1) is 16.1. The fourth-order valence-electron chi connectivity index (χ4n) is 3.80. The summed E-state index contributed by atoms with van der Waals surface area (Å²) in [5.74, 6) is 0.370. The molecule has 0 saturated heterocycles. The van der Waals surface area contributed by atoms with Crippen molar-refractivity contribution >= 4 is 29.0 Å². The van der Waals surface area contributed by atoms with E-state index < -0.39 is 6.04 Å². The minimum Gasteiger partial charge on any atom is -0.394 e. The van der Waals surface area contributed by atoms with Crippen LogP contribution < -0.4 is 10.6 Å². The van der Waals surface area contributed by atoms with Crippen LogP contribution in [0.15, 0.2) is 66.9 Å². The SMILES string of the molecule is O=C(N[C@H](CO)Cc1ccccc1)c1cc(NC2CC2)n2ncc(-c3cccc(Cl)c3)c2n1. The summed E-state index contributed by atoms with van der Waals surface area (Å²) >= 11 is 6.20. The molecule has 1 fully saturated rings. The monoisotopic (exact) mass is 461 g/mol. The second-order valence-corrected chi connectivity index (χ2v) is 8.73. The number of carbonyl (C=O) groups is 1. The van der Waals surface area contributed by atoms with Gasteiger partial charge in [-0.1, -0.05) is 54.1 Å². The summed E-state index contributed by atoms with van der Waals surface area (Å²) < 4.78 is 1.72. The maximum atomic E-state index is 13.2. The Morgan fingerprint density at radius 2 is 1.97 bits per heavy atom. The van der Waals surface area contributed by atoms with Crippen LogP contribution in [-0.2, 0) is 6.42 Å². The van der Waals surface area contributed by atoms with E-state index in [2.05, 4.69) is 20.7 Å². The van der Waals surface area contributed by atoms with Gasteiger partial charge >= 0.3 is 0 Å². The number of benzene rings is 2. The van der Waals surface area contributed by atoms with Crippen molar-refractivity contribution in [3.8, 4) is 11.1 Å². The molecule has 1 saturated carbocycles. The number of carbonyl (C=O) groups excluding carboxylic acids is 1. The maximum Gasteiger partial charge on any atom is 0.270 e. The van der Waals surface area contributed by atoms with Crippen molar-refractivity contribution in [3.63, 3.8) is 0 Å². The second-order valence-electron chi connectivity index (χ2n) is 8.29. The zero-order valence-corrected chi connectivity index (χ0v) is 18.7. The molecule has 1 aliphatic carbocycles. The highest BCUT2D eigenvalue weighted by atomic mass is 35.5. The van der Waals surface area contributed by atoms with Crippen LogP contribution >= 0.6 is 11.6 Å². The third-order valence-corrected chi connectivity index (χ3v) is 5.89. The molecule has 168 valence electrons. The van der Waals surface area contributed by atoms with Gasteiger partial charge in [0.1, 0.15) is 11.5 Å². The first-order valence-electron chi connectivity index (χ1n) is 11.0. The molecular weight excluding hydrogens is 438 g/mol. The van der Waals surface area contributed by atoms with Gasteiger partial charge in [0.05, 0.1) is 18.8 Å². The van der Waals surface area contributed by atoms with Gasteiger partial charge in [-0.15, -0.1) is 0 Å². The molecule has 5 rings (SSSR count). The summed E-state index contributed by atoms with van der Waals surface area (Å²) in [4.78, 5) is 17.8. The number of halogens is 1. The molecule has 0 aliphatic heterocycles. The number of fused-ring (bicyclic) bond motifs is 1. The van der Waals surface area contributed by atoms with E-state index in [1.807, 2.05) is 54.6 Å². The van der Waals surface area contributed by atoms with Crippen LogP contribution in [0.2, 0.25) is 5.02 Å². The van der Waals surface area contributed by atoms with E-state index >= 15 is 0 Å². The summed E-state index contributed by atoms with van der Waals surface area (Å²) in [6.45, 7) is -0.170. The third-order valence-electron chi connectivity index (χ3n) is 5.65. The van der Waals surface area contributed by atoms with Crippen molar-refractivity contribution in [1.29, 1.82) is 0 Å². The summed E-state index contributed by atoms with van der Waals surface area (Å²) in [5.41, 5.74) is 3.53.